The van der Waals surface area contributed by atoms with Crippen LogP contribution in [0, 0.1) is 6.92 Å². The normalized spacial score (nSPS) is 14.4. The van der Waals surface area contributed by atoms with E-state index in [1.807, 2.05) is 19.1 Å². The van der Waals surface area contributed by atoms with Gasteiger partial charge < -0.3 is 5.73 Å². The Morgan fingerprint density at radius 1 is 1.39 bits per heavy atom. The molecule has 2 nitrogen and oxygen atoms in total. The zero-order valence-electron chi connectivity index (χ0n) is 10.3. The van der Waals surface area contributed by atoms with Crippen LogP contribution in [0.4, 0.5) is 0 Å². The second-order valence-corrected chi connectivity index (χ2v) is 6.73. The van der Waals surface area contributed by atoms with Crippen molar-refractivity contribution in [3.63, 3.8) is 0 Å². The second-order valence-electron chi connectivity index (χ2n) is 4.18. The van der Waals surface area contributed by atoms with Gasteiger partial charge in [-0.05, 0) is 43.0 Å². The molecular formula is C13H15ClN2S2. The molecule has 0 amide bonds. The van der Waals surface area contributed by atoms with Crippen molar-refractivity contribution in [2.75, 3.05) is 0 Å². The lowest BCUT2D eigenvalue weighted by Gasteiger charge is -2.19. The molecule has 2 heterocycles. The smallest absolute Gasteiger partial charge is 0.0967 e. The minimum absolute atomic E-state index is 0.0739. The summed E-state index contributed by atoms with van der Waals surface area (Å²) in [6.07, 6.45) is 1.67. The van der Waals surface area contributed by atoms with Crippen molar-refractivity contribution in [3.05, 3.63) is 45.2 Å². The average molecular weight is 299 g/mol. The predicted molar refractivity (Wildman–Crippen MR) is 80.6 cm³/mol. The Morgan fingerprint density at radius 2 is 2.17 bits per heavy atom. The van der Waals surface area contributed by atoms with Crippen LogP contribution < -0.4 is 5.73 Å². The van der Waals surface area contributed by atoms with Gasteiger partial charge in [0.25, 0.3) is 0 Å². The summed E-state index contributed by atoms with van der Waals surface area (Å²) in [5, 5.41) is 3.95. The van der Waals surface area contributed by atoms with Crippen LogP contribution in [0.25, 0.3) is 0 Å². The quantitative estimate of drug-likeness (QED) is 0.856. The maximum Gasteiger partial charge on any atom is 0.0967 e. The van der Waals surface area contributed by atoms with Gasteiger partial charge in [0.1, 0.15) is 0 Å². The van der Waals surface area contributed by atoms with E-state index in [4.69, 9.17) is 17.3 Å². The molecule has 5 heteroatoms. The maximum atomic E-state index is 6.11. The van der Waals surface area contributed by atoms with Crippen molar-refractivity contribution in [1.82, 2.24) is 4.98 Å². The minimum atomic E-state index is 0.0739. The van der Waals surface area contributed by atoms with Crippen molar-refractivity contribution < 1.29 is 0 Å². The van der Waals surface area contributed by atoms with Crippen LogP contribution in [0.1, 0.15) is 22.6 Å². The molecule has 2 aromatic heterocycles. The number of thioether (sulfide) groups is 1. The minimum Gasteiger partial charge on any atom is -0.327 e. The van der Waals surface area contributed by atoms with E-state index in [-0.39, 0.29) is 11.3 Å². The molecular weight excluding hydrogens is 284 g/mol. The number of pyridine rings is 1. The van der Waals surface area contributed by atoms with E-state index >= 15 is 0 Å². The van der Waals surface area contributed by atoms with Gasteiger partial charge >= 0.3 is 0 Å². The summed E-state index contributed by atoms with van der Waals surface area (Å²) in [6.45, 7) is 4.16. The molecule has 96 valence electrons. The Kier molecular flexibility index (Phi) is 4.67. The van der Waals surface area contributed by atoms with Crippen LogP contribution in [0.15, 0.2) is 34.8 Å². The molecule has 2 aromatic rings. The lowest BCUT2D eigenvalue weighted by Crippen LogP contribution is -2.22. The first-order chi connectivity index (χ1) is 8.58. The molecule has 0 radical (unpaired) electrons. The Labute approximate surface area is 121 Å². The highest BCUT2D eigenvalue weighted by Crippen LogP contribution is 2.40. The van der Waals surface area contributed by atoms with E-state index in [1.165, 1.54) is 10.4 Å². The van der Waals surface area contributed by atoms with Crippen molar-refractivity contribution >= 4 is 34.7 Å². The van der Waals surface area contributed by atoms with Gasteiger partial charge in [0, 0.05) is 17.1 Å². The number of aromatic nitrogens is 1. The Morgan fingerprint density at radius 3 is 2.67 bits per heavy atom. The zero-order valence-corrected chi connectivity index (χ0v) is 12.6. The van der Waals surface area contributed by atoms with E-state index in [1.54, 1.807) is 29.3 Å². The summed E-state index contributed by atoms with van der Waals surface area (Å²) in [7, 11) is 0. The van der Waals surface area contributed by atoms with Gasteiger partial charge in [0.2, 0.25) is 0 Å². The van der Waals surface area contributed by atoms with Gasteiger partial charge in [-0.3, -0.25) is 0 Å². The van der Waals surface area contributed by atoms with E-state index in [0.29, 0.717) is 5.02 Å². The number of rotatable bonds is 4. The fourth-order valence-electron chi connectivity index (χ4n) is 1.64. The van der Waals surface area contributed by atoms with Crippen molar-refractivity contribution in [2.45, 2.75) is 30.2 Å². The molecule has 0 aliphatic rings. The highest BCUT2D eigenvalue weighted by Gasteiger charge is 2.21. The van der Waals surface area contributed by atoms with E-state index < -0.39 is 0 Å². The Balaban J connectivity index is 2.22. The number of thiophene rings is 1. The van der Waals surface area contributed by atoms with Crippen LogP contribution in [0.5, 0.6) is 0 Å². The number of halogens is 1. The van der Waals surface area contributed by atoms with Gasteiger partial charge in [-0.2, -0.15) is 0 Å². The van der Waals surface area contributed by atoms with Crippen LogP contribution in [0.2, 0.25) is 5.02 Å². The fraction of sp³-hybridized carbons (Fsp3) is 0.308. The number of nitrogens with zero attached hydrogens (tertiary/aromatic N) is 1. The van der Waals surface area contributed by atoms with E-state index in [2.05, 4.69) is 23.4 Å². The van der Waals surface area contributed by atoms with Gasteiger partial charge in [-0.25, -0.2) is 4.98 Å². The Bertz CT molecular complexity index is 508. The third kappa shape index (κ3) is 3.26. The number of hydrogen-bond acceptors (Lipinski definition) is 4. The second kappa shape index (κ2) is 6.06. The Hall–Kier alpha value is -0.550. The average Bonchev–Trinajstić information content (AvgIpc) is 2.74. The van der Waals surface area contributed by atoms with Gasteiger partial charge in [0.15, 0.2) is 0 Å². The van der Waals surface area contributed by atoms with Crippen LogP contribution >= 0.6 is 34.7 Å². The molecule has 2 rings (SSSR count). The largest absolute Gasteiger partial charge is 0.327 e. The molecule has 2 unspecified atom stereocenters. The third-order valence-corrected chi connectivity index (χ3v) is 5.46. The molecule has 0 saturated heterocycles. The SMILES string of the molecule is Cc1ccsc1C(Sc1ccc(Cl)cn1)C(C)N. The molecule has 2 atom stereocenters. The summed E-state index contributed by atoms with van der Waals surface area (Å²) in [5.41, 5.74) is 7.40. The number of nitrogens with two attached hydrogens (primary N) is 1. The predicted octanol–water partition coefficient (Wildman–Crippen LogP) is 4.29. The lowest BCUT2D eigenvalue weighted by atomic mass is 10.1. The highest BCUT2D eigenvalue weighted by atomic mass is 35.5. The van der Waals surface area contributed by atoms with Crippen molar-refractivity contribution in [2.24, 2.45) is 5.73 Å². The monoisotopic (exact) mass is 298 g/mol. The first-order valence-electron chi connectivity index (χ1n) is 5.65. The topological polar surface area (TPSA) is 38.9 Å². The molecule has 0 spiro atoms. The molecule has 0 bridgehead atoms. The van der Waals surface area contributed by atoms with Gasteiger partial charge in [0.05, 0.1) is 15.3 Å². The standard InChI is InChI=1S/C13H15ClN2S2/c1-8-5-6-17-12(8)13(9(2)15)18-11-4-3-10(14)7-16-11/h3-7,9,13H,15H2,1-2H3. The first kappa shape index (κ1) is 13.9. The first-order valence-corrected chi connectivity index (χ1v) is 7.79. The van der Waals surface area contributed by atoms with Crippen LogP contribution in [-0.2, 0) is 0 Å². The van der Waals surface area contributed by atoms with Crippen molar-refractivity contribution in [3.8, 4) is 0 Å². The summed E-state index contributed by atoms with van der Waals surface area (Å²) in [4.78, 5) is 5.65. The molecule has 18 heavy (non-hydrogen) atoms. The molecule has 0 saturated carbocycles. The number of aryl methyl sites for hydroxylation is 1. The molecule has 0 aliphatic carbocycles. The van der Waals surface area contributed by atoms with E-state index in [9.17, 15) is 0 Å². The molecule has 0 aromatic carbocycles. The molecule has 2 N–H and O–H groups in total. The summed E-state index contributed by atoms with van der Waals surface area (Å²) < 4.78 is 0. The van der Waals surface area contributed by atoms with Gasteiger partial charge in [-0.15, -0.1) is 11.3 Å². The highest BCUT2D eigenvalue weighted by molar-refractivity contribution is 7.99. The number of hydrogen-bond donors (Lipinski definition) is 1. The van der Waals surface area contributed by atoms with E-state index in [0.717, 1.165) is 5.03 Å². The fourth-order valence-corrected chi connectivity index (χ4v) is 4.11. The van der Waals surface area contributed by atoms with Gasteiger partial charge in [-0.1, -0.05) is 23.4 Å². The third-order valence-electron chi connectivity index (χ3n) is 2.59. The maximum absolute atomic E-state index is 6.11. The molecule has 0 fully saturated rings. The summed E-state index contributed by atoms with van der Waals surface area (Å²) in [6, 6.07) is 6.00. The summed E-state index contributed by atoms with van der Waals surface area (Å²) in [5.74, 6) is 0. The summed E-state index contributed by atoms with van der Waals surface area (Å²) >= 11 is 9.29. The van der Waals surface area contributed by atoms with Crippen LogP contribution in [-0.4, -0.2) is 11.0 Å². The zero-order chi connectivity index (χ0) is 13.1. The van der Waals surface area contributed by atoms with Crippen molar-refractivity contribution in [1.29, 1.82) is 0 Å². The van der Waals surface area contributed by atoms with Crippen LogP contribution in [0.3, 0.4) is 0 Å². The molecule has 0 aliphatic heterocycles. The lowest BCUT2D eigenvalue weighted by molar-refractivity contribution is 0.726.